The van der Waals surface area contributed by atoms with Gasteiger partial charge in [0, 0.05) is 19.3 Å². The van der Waals surface area contributed by atoms with Gasteiger partial charge in [-0.2, -0.15) is 13.2 Å². The average Bonchev–Trinajstić information content (AvgIpc) is 2.37. The van der Waals surface area contributed by atoms with Crippen LogP contribution in [0.2, 0.25) is 0 Å². The summed E-state index contributed by atoms with van der Waals surface area (Å²) in [6.45, 7) is 2.26. The molecule has 0 spiro atoms. The van der Waals surface area contributed by atoms with Crippen LogP contribution in [-0.2, 0) is 12.8 Å². The number of unbranched alkanes of at least 4 members (excludes halogenated alkanes) is 2. The lowest BCUT2D eigenvalue weighted by Crippen LogP contribution is -2.22. The number of aliphatic hydroxyl groups is 1. The Balaban J connectivity index is 2.98. The van der Waals surface area contributed by atoms with E-state index in [0.717, 1.165) is 25.3 Å². The van der Waals surface area contributed by atoms with E-state index < -0.39 is 11.7 Å². The molecule has 1 rings (SSSR count). The summed E-state index contributed by atoms with van der Waals surface area (Å²) in [5.41, 5.74) is -0.239. The molecule has 0 atom stereocenters. The van der Waals surface area contributed by atoms with Gasteiger partial charge in [0.15, 0.2) is 0 Å². The summed E-state index contributed by atoms with van der Waals surface area (Å²) in [5, 5.41) is 8.95. The van der Waals surface area contributed by atoms with Crippen molar-refractivity contribution in [1.82, 2.24) is 0 Å². The predicted molar refractivity (Wildman–Crippen MR) is 70.2 cm³/mol. The summed E-state index contributed by atoms with van der Waals surface area (Å²) < 4.78 is 39.0. The SMILES string of the molecule is CCCCCN(C)c1ccc(CO)cc1C(F)(F)F. The van der Waals surface area contributed by atoms with E-state index in [1.165, 1.54) is 12.1 Å². The molecule has 0 radical (unpaired) electrons. The molecule has 0 saturated carbocycles. The number of anilines is 1. The largest absolute Gasteiger partial charge is 0.418 e. The van der Waals surface area contributed by atoms with Crippen LogP contribution in [0.5, 0.6) is 0 Å². The molecule has 0 aromatic heterocycles. The van der Waals surface area contributed by atoms with Crippen LogP contribution >= 0.6 is 0 Å². The summed E-state index contributed by atoms with van der Waals surface area (Å²) in [6, 6.07) is 3.98. The van der Waals surface area contributed by atoms with Crippen LogP contribution in [0.1, 0.15) is 37.3 Å². The van der Waals surface area contributed by atoms with E-state index in [-0.39, 0.29) is 17.9 Å². The maximum Gasteiger partial charge on any atom is 0.418 e. The molecular formula is C14H20F3NO. The van der Waals surface area contributed by atoms with Gasteiger partial charge in [0.1, 0.15) is 0 Å². The van der Waals surface area contributed by atoms with Crippen molar-refractivity contribution >= 4 is 5.69 Å². The highest BCUT2D eigenvalue weighted by Gasteiger charge is 2.34. The number of hydrogen-bond donors (Lipinski definition) is 1. The molecule has 1 aromatic carbocycles. The van der Waals surface area contributed by atoms with Crippen LogP contribution in [0.15, 0.2) is 18.2 Å². The van der Waals surface area contributed by atoms with E-state index in [0.29, 0.717) is 6.54 Å². The summed E-state index contributed by atoms with van der Waals surface area (Å²) in [5.74, 6) is 0. The first-order valence-electron chi connectivity index (χ1n) is 6.42. The zero-order valence-corrected chi connectivity index (χ0v) is 11.3. The Hall–Kier alpha value is -1.23. The second-order valence-electron chi connectivity index (χ2n) is 4.64. The van der Waals surface area contributed by atoms with Crippen LogP contribution < -0.4 is 4.90 Å². The Kier molecular flexibility index (Phi) is 5.66. The molecule has 1 N–H and O–H groups in total. The van der Waals surface area contributed by atoms with E-state index in [1.807, 2.05) is 0 Å². The second kappa shape index (κ2) is 6.80. The van der Waals surface area contributed by atoms with E-state index in [2.05, 4.69) is 6.92 Å². The Morgan fingerprint density at radius 2 is 1.89 bits per heavy atom. The van der Waals surface area contributed by atoms with E-state index in [9.17, 15) is 13.2 Å². The Bertz CT molecular complexity index is 404. The van der Waals surface area contributed by atoms with Crippen molar-refractivity contribution < 1.29 is 18.3 Å². The van der Waals surface area contributed by atoms with Crippen LogP contribution in [0, 0.1) is 0 Å². The van der Waals surface area contributed by atoms with Gasteiger partial charge in [0.2, 0.25) is 0 Å². The highest BCUT2D eigenvalue weighted by Crippen LogP contribution is 2.37. The third-order valence-electron chi connectivity index (χ3n) is 3.06. The normalized spacial score (nSPS) is 11.7. The molecule has 0 amide bonds. The molecule has 1 aromatic rings. The number of alkyl halides is 3. The fourth-order valence-corrected chi connectivity index (χ4v) is 1.96. The van der Waals surface area contributed by atoms with Crippen LogP contribution in [-0.4, -0.2) is 18.7 Å². The fraction of sp³-hybridized carbons (Fsp3) is 0.571. The third-order valence-corrected chi connectivity index (χ3v) is 3.06. The molecule has 0 aliphatic carbocycles. The molecule has 0 saturated heterocycles. The second-order valence-corrected chi connectivity index (χ2v) is 4.64. The molecule has 0 aliphatic rings. The van der Waals surface area contributed by atoms with Crippen molar-refractivity contribution in [2.45, 2.75) is 39.0 Å². The van der Waals surface area contributed by atoms with Crippen molar-refractivity contribution in [3.63, 3.8) is 0 Å². The lowest BCUT2D eigenvalue weighted by atomic mass is 10.1. The van der Waals surface area contributed by atoms with Gasteiger partial charge in [-0.3, -0.25) is 0 Å². The Morgan fingerprint density at radius 3 is 2.42 bits per heavy atom. The van der Waals surface area contributed by atoms with Crippen molar-refractivity contribution in [1.29, 1.82) is 0 Å². The molecule has 2 nitrogen and oxygen atoms in total. The van der Waals surface area contributed by atoms with Crippen molar-refractivity contribution in [2.24, 2.45) is 0 Å². The predicted octanol–water partition coefficient (Wildman–Crippen LogP) is 3.82. The van der Waals surface area contributed by atoms with Gasteiger partial charge in [-0.15, -0.1) is 0 Å². The number of rotatable bonds is 6. The first-order valence-corrected chi connectivity index (χ1v) is 6.42. The van der Waals surface area contributed by atoms with Gasteiger partial charge in [-0.1, -0.05) is 25.8 Å². The molecule has 0 aliphatic heterocycles. The fourth-order valence-electron chi connectivity index (χ4n) is 1.96. The van der Waals surface area contributed by atoms with E-state index in [4.69, 9.17) is 5.11 Å². The van der Waals surface area contributed by atoms with E-state index >= 15 is 0 Å². The summed E-state index contributed by atoms with van der Waals surface area (Å²) in [7, 11) is 1.67. The molecule has 0 fully saturated rings. The first kappa shape index (κ1) is 15.8. The number of nitrogens with zero attached hydrogens (tertiary/aromatic N) is 1. The Labute approximate surface area is 111 Å². The highest BCUT2D eigenvalue weighted by atomic mass is 19.4. The molecule has 0 heterocycles. The van der Waals surface area contributed by atoms with Crippen molar-refractivity contribution in [2.75, 3.05) is 18.5 Å². The van der Waals surface area contributed by atoms with Crippen LogP contribution in [0.25, 0.3) is 0 Å². The molecule has 0 unspecified atom stereocenters. The zero-order valence-electron chi connectivity index (χ0n) is 11.3. The number of aliphatic hydroxyl groups excluding tert-OH is 1. The minimum Gasteiger partial charge on any atom is -0.392 e. The molecule has 5 heteroatoms. The van der Waals surface area contributed by atoms with Gasteiger partial charge in [-0.05, 0) is 24.1 Å². The van der Waals surface area contributed by atoms with Crippen molar-refractivity contribution in [3.05, 3.63) is 29.3 Å². The lowest BCUT2D eigenvalue weighted by molar-refractivity contribution is -0.137. The van der Waals surface area contributed by atoms with Gasteiger partial charge in [-0.25, -0.2) is 0 Å². The standard InChI is InChI=1S/C14H20F3NO/c1-3-4-5-8-18(2)13-7-6-11(10-19)9-12(13)14(15,16)17/h6-7,9,19H,3-5,8,10H2,1-2H3. The summed E-state index contributed by atoms with van der Waals surface area (Å²) in [6.07, 6.45) is -1.50. The lowest BCUT2D eigenvalue weighted by Gasteiger charge is -2.24. The first-order chi connectivity index (χ1) is 8.90. The van der Waals surface area contributed by atoms with E-state index in [1.54, 1.807) is 11.9 Å². The minimum atomic E-state index is -4.40. The maximum atomic E-state index is 13.0. The smallest absolute Gasteiger partial charge is 0.392 e. The molecule has 0 bridgehead atoms. The number of benzene rings is 1. The minimum absolute atomic E-state index is 0.167. The molecule has 108 valence electrons. The number of hydrogen-bond acceptors (Lipinski definition) is 2. The third kappa shape index (κ3) is 4.42. The quantitative estimate of drug-likeness (QED) is 0.798. The maximum absolute atomic E-state index is 13.0. The number of halogens is 3. The molecule has 19 heavy (non-hydrogen) atoms. The molecular weight excluding hydrogens is 255 g/mol. The monoisotopic (exact) mass is 275 g/mol. The zero-order chi connectivity index (χ0) is 14.5. The van der Waals surface area contributed by atoms with Crippen molar-refractivity contribution in [3.8, 4) is 0 Å². The van der Waals surface area contributed by atoms with Gasteiger partial charge >= 0.3 is 6.18 Å². The van der Waals surface area contributed by atoms with Crippen LogP contribution in [0.3, 0.4) is 0 Å². The summed E-state index contributed by atoms with van der Waals surface area (Å²) in [4.78, 5) is 1.62. The van der Waals surface area contributed by atoms with Crippen LogP contribution in [0.4, 0.5) is 18.9 Å². The highest BCUT2D eigenvalue weighted by molar-refractivity contribution is 5.55. The Morgan fingerprint density at radius 1 is 1.21 bits per heavy atom. The van der Waals surface area contributed by atoms with Gasteiger partial charge < -0.3 is 10.0 Å². The average molecular weight is 275 g/mol. The van der Waals surface area contributed by atoms with Gasteiger partial charge in [0.05, 0.1) is 12.2 Å². The topological polar surface area (TPSA) is 23.5 Å². The van der Waals surface area contributed by atoms with Gasteiger partial charge in [0.25, 0.3) is 0 Å². The summed E-state index contributed by atoms with van der Waals surface area (Å²) >= 11 is 0.